The first kappa shape index (κ1) is 18.5. The first-order valence-electron chi connectivity index (χ1n) is 7.97. The summed E-state index contributed by atoms with van der Waals surface area (Å²) in [6.45, 7) is 3.53. The van der Waals surface area contributed by atoms with Crippen LogP contribution in [0.1, 0.15) is 27.4 Å². The predicted molar refractivity (Wildman–Crippen MR) is 99.9 cm³/mol. The number of hydrogen-bond acceptors (Lipinski definition) is 6. The monoisotopic (exact) mass is 390 g/mol. The van der Waals surface area contributed by atoms with Crippen molar-refractivity contribution in [3.63, 3.8) is 0 Å². The number of aryl methyl sites for hydroxylation is 1. The van der Waals surface area contributed by atoms with Crippen molar-refractivity contribution in [2.75, 3.05) is 6.54 Å². The quantitative estimate of drug-likeness (QED) is 0.624. The van der Waals surface area contributed by atoms with Gasteiger partial charge in [0, 0.05) is 23.9 Å². The number of sulfonamides is 1. The van der Waals surface area contributed by atoms with Crippen LogP contribution in [0.5, 0.6) is 0 Å². The zero-order valence-corrected chi connectivity index (χ0v) is 16.0. The Morgan fingerprint density at radius 1 is 1.19 bits per heavy atom. The number of oxazole rings is 1. The lowest BCUT2D eigenvalue weighted by molar-refractivity contribution is 0.102. The third kappa shape index (κ3) is 4.27. The van der Waals surface area contributed by atoms with E-state index < -0.39 is 10.0 Å². The Labute approximate surface area is 155 Å². The Hall–Kier alpha value is -2.29. The molecular weight excluding hydrogens is 372 g/mol. The molecule has 3 rings (SSSR count). The molecular formula is C18H18N2O4S2. The van der Waals surface area contributed by atoms with Crippen molar-refractivity contribution in [3.8, 4) is 11.3 Å². The van der Waals surface area contributed by atoms with Gasteiger partial charge >= 0.3 is 0 Å². The third-order valence-corrected chi connectivity index (χ3v) is 6.47. The summed E-state index contributed by atoms with van der Waals surface area (Å²) in [6, 6.07) is 10.1. The van der Waals surface area contributed by atoms with E-state index in [9.17, 15) is 13.2 Å². The molecule has 1 aromatic carbocycles. The number of ketones is 1. The van der Waals surface area contributed by atoms with Gasteiger partial charge in [0.2, 0.25) is 10.0 Å². The summed E-state index contributed by atoms with van der Waals surface area (Å²) in [5.74, 6) is 0.573. The Kier molecular flexibility index (Phi) is 5.36. The van der Waals surface area contributed by atoms with E-state index in [0.717, 1.165) is 10.4 Å². The molecule has 8 heteroatoms. The minimum atomic E-state index is -3.59. The lowest BCUT2D eigenvalue weighted by Gasteiger charge is -2.06. The van der Waals surface area contributed by atoms with Crippen molar-refractivity contribution in [1.29, 1.82) is 0 Å². The van der Waals surface area contributed by atoms with E-state index in [2.05, 4.69) is 9.71 Å². The van der Waals surface area contributed by atoms with Gasteiger partial charge in [-0.2, -0.15) is 0 Å². The van der Waals surface area contributed by atoms with Gasteiger partial charge in [-0.15, -0.1) is 11.3 Å². The normalized spacial score (nSPS) is 11.6. The minimum absolute atomic E-state index is 0.0178. The van der Waals surface area contributed by atoms with Crippen LogP contribution in [-0.4, -0.2) is 25.7 Å². The number of carbonyl (C=O) groups excluding carboxylic acids is 1. The van der Waals surface area contributed by atoms with Gasteiger partial charge < -0.3 is 4.42 Å². The number of aromatic nitrogens is 1. The molecule has 0 aliphatic heterocycles. The lowest BCUT2D eigenvalue weighted by atomic mass is 10.2. The fraction of sp³-hybridized carbons (Fsp3) is 0.222. The second kappa shape index (κ2) is 7.53. The highest BCUT2D eigenvalue weighted by Crippen LogP contribution is 2.21. The van der Waals surface area contributed by atoms with E-state index in [-0.39, 0.29) is 17.2 Å². The number of benzene rings is 1. The lowest BCUT2D eigenvalue weighted by Crippen LogP contribution is -2.25. The largest absolute Gasteiger partial charge is 0.449 e. The van der Waals surface area contributed by atoms with Gasteiger partial charge in [0.15, 0.2) is 11.7 Å². The van der Waals surface area contributed by atoms with Crippen LogP contribution in [0, 0.1) is 6.92 Å². The van der Waals surface area contributed by atoms with Gasteiger partial charge in [-0.05, 0) is 37.6 Å². The van der Waals surface area contributed by atoms with Crippen molar-refractivity contribution in [1.82, 2.24) is 9.71 Å². The number of carbonyl (C=O) groups is 1. The number of nitrogens with zero attached hydrogens (tertiary/aromatic N) is 1. The maximum absolute atomic E-state index is 12.4. The van der Waals surface area contributed by atoms with Crippen LogP contribution >= 0.6 is 11.3 Å². The summed E-state index contributed by atoms with van der Waals surface area (Å²) >= 11 is 1.39. The average molecular weight is 390 g/mol. The van der Waals surface area contributed by atoms with E-state index in [4.69, 9.17) is 4.42 Å². The SMILES string of the molecule is CC(=O)c1ccc(CCNS(=O)(=O)c2ccc(-c3coc(C)n3)cc2)s1. The molecule has 0 fully saturated rings. The van der Waals surface area contributed by atoms with E-state index >= 15 is 0 Å². The Morgan fingerprint density at radius 2 is 1.92 bits per heavy atom. The molecule has 3 aromatic rings. The number of hydrogen-bond donors (Lipinski definition) is 1. The molecule has 26 heavy (non-hydrogen) atoms. The van der Waals surface area contributed by atoms with Crippen LogP contribution in [-0.2, 0) is 16.4 Å². The molecule has 0 aliphatic carbocycles. The molecule has 0 atom stereocenters. The topological polar surface area (TPSA) is 89.3 Å². The predicted octanol–water partition coefficient (Wildman–Crippen LogP) is 3.44. The summed E-state index contributed by atoms with van der Waals surface area (Å²) in [6.07, 6.45) is 2.07. The zero-order valence-electron chi connectivity index (χ0n) is 14.4. The molecule has 0 unspecified atom stereocenters. The standard InChI is InChI=1S/C18H18N2O4S2/c1-12(21)18-8-5-15(25-18)9-10-19-26(22,23)16-6-3-14(4-7-16)17-11-24-13(2)20-17/h3-8,11,19H,9-10H2,1-2H3. The fourth-order valence-electron chi connectivity index (χ4n) is 2.39. The smallest absolute Gasteiger partial charge is 0.240 e. The first-order valence-corrected chi connectivity index (χ1v) is 10.3. The van der Waals surface area contributed by atoms with Gasteiger partial charge in [-0.25, -0.2) is 18.1 Å². The van der Waals surface area contributed by atoms with Gasteiger partial charge in [0.25, 0.3) is 0 Å². The van der Waals surface area contributed by atoms with Crippen molar-refractivity contribution in [2.24, 2.45) is 0 Å². The average Bonchev–Trinajstić information content (AvgIpc) is 3.24. The molecule has 0 aliphatic rings. The third-order valence-electron chi connectivity index (χ3n) is 3.75. The van der Waals surface area contributed by atoms with Gasteiger partial charge in [-0.1, -0.05) is 12.1 Å². The van der Waals surface area contributed by atoms with Crippen LogP contribution in [0.15, 0.2) is 52.0 Å². The van der Waals surface area contributed by atoms with Crippen LogP contribution in [0.2, 0.25) is 0 Å². The molecule has 136 valence electrons. The fourth-order valence-corrected chi connectivity index (χ4v) is 4.33. The highest BCUT2D eigenvalue weighted by atomic mass is 32.2. The Morgan fingerprint density at radius 3 is 2.50 bits per heavy atom. The maximum atomic E-state index is 12.4. The molecule has 6 nitrogen and oxygen atoms in total. The molecule has 2 aromatic heterocycles. The highest BCUT2D eigenvalue weighted by Gasteiger charge is 2.14. The second-order valence-corrected chi connectivity index (χ2v) is 8.68. The summed E-state index contributed by atoms with van der Waals surface area (Å²) < 4.78 is 32.5. The Bertz CT molecular complexity index is 1020. The number of rotatable bonds is 7. The number of thiophene rings is 1. The van der Waals surface area contributed by atoms with Crippen molar-refractivity contribution in [3.05, 3.63) is 58.3 Å². The molecule has 0 saturated heterocycles. The highest BCUT2D eigenvalue weighted by molar-refractivity contribution is 7.89. The first-order chi connectivity index (χ1) is 12.3. The number of nitrogens with one attached hydrogen (secondary N) is 1. The summed E-state index contributed by atoms with van der Waals surface area (Å²) in [4.78, 5) is 17.4. The van der Waals surface area contributed by atoms with E-state index in [1.165, 1.54) is 24.5 Å². The molecule has 1 N–H and O–H groups in total. The molecule has 0 amide bonds. The summed E-state index contributed by atoms with van der Waals surface area (Å²) in [5, 5.41) is 0. The maximum Gasteiger partial charge on any atom is 0.240 e. The van der Waals surface area contributed by atoms with Crippen LogP contribution in [0.25, 0.3) is 11.3 Å². The molecule has 0 spiro atoms. The number of Topliss-reactive ketones (excluding diaryl/α,β-unsaturated/α-hetero) is 1. The van der Waals surface area contributed by atoms with Gasteiger partial charge in [0.05, 0.1) is 9.77 Å². The molecule has 0 saturated carbocycles. The van der Waals surface area contributed by atoms with E-state index in [1.54, 1.807) is 37.3 Å². The van der Waals surface area contributed by atoms with Crippen molar-refractivity contribution in [2.45, 2.75) is 25.2 Å². The van der Waals surface area contributed by atoms with Crippen LogP contribution in [0.4, 0.5) is 0 Å². The van der Waals surface area contributed by atoms with Crippen molar-refractivity contribution < 1.29 is 17.6 Å². The van der Waals surface area contributed by atoms with Crippen molar-refractivity contribution >= 4 is 27.1 Å². The van der Waals surface area contributed by atoms with Gasteiger partial charge in [-0.3, -0.25) is 4.79 Å². The zero-order chi connectivity index (χ0) is 18.7. The van der Waals surface area contributed by atoms with Crippen LogP contribution < -0.4 is 4.72 Å². The molecule has 0 radical (unpaired) electrons. The second-order valence-electron chi connectivity index (χ2n) is 5.75. The summed E-state index contributed by atoms with van der Waals surface area (Å²) in [5.41, 5.74) is 1.45. The molecule has 0 bridgehead atoms. The van der Waals surface area contributed by atoms with Crippen LogP contribution in [0.3, 0.4) is 0 Å². The van der Waals surface area contributed by atoms with Gasteiger partial charge in [0.1, 0.15) is 12.0 Å². The molecule has 2 heterocycles. The van der Waals surface area contributed by atoms with E-state index in [0.29, 0.717) is 22.9 Å². The minimum Gasteiger partial charge on any atom is -0.449 e. The van der Waals surface area contributed by atoms with E-state index in [1.807, 2.05) is 6.07 Å². The Balaban J connectivity index is 1.63. The summed E-state index contributed by atoms with van der Waals surface area (Å²) in [7, 11) is -3.59.